The minimum absolute atomic E-state index is 0.0193. The third kappa shape index (κ3) is 4.04. The monoisotopic (exact) mass is 238 g/mol. The first-order chi connectivity index (χ1) is 8.19. The molecule has 0 radical (unpaired) electrons. The maximum Gasteiger partial charge on any atom is 0.240 e. The molecule has 1 aliphatic heterocycles. The predicted molar refractivity (Wildman–Crippen MR) is 61.9 cm³/mol. The standard InChI is InChI=1S/C11H18N4O2/c1-2-9-11(17)15(7-6-13-9)8-10(16)14-5-3-4-12/h9,13H,2-3,5-8H2,1H3,(H,14,16). The van der Waals surface area contributed by atoms with Crippen LogP contribution >= 0.6 is 0 Å². The van der Waals surface area contributed by atoms with Crippen LogP contribution in [0.4, 0.5) is 0 Å². The normalized spacial score (nSPS) is 19.9. The molecule has 0 aromatic rings. The number of nitriles is 1. The van der Waals surface area contributed by atoms with E-state index in [1.54, 1.807) is 4.90 Å². The summed E-state index contributed by atoms with van der Waals surface area (Å²) >= 11 is 0. The first kappa shape index (κ1) is 13.5. The second-order valence-electron chi connectivity index (χ2n) is 3.93. The average molecular weight is 238 g/mol. The smallest absolute Gasteiger partial charge is 0.240 e. The van der Waals surface area contributed by atoms with Crippen molar-refractivity contribution in [2.24, 2.45) is 0 Å². The van der Waals surface area contributed by atoms with Crippen LogP contribution in [0.2, 0.25) is 0 Å². The molecule has 1 rings (SSSR count). The maximum atomic E-state index is 11.9. The summed E-state index contributed by atoms with van der Waals surface area (Å²) in [6, 6.07) is 1.78. The Bertz CT molecular complexity index is 324. The molecule has 2 N–H and O–H groups in total. The van der Waals surface area contributed by atoms with Crippen LogP contribution in [0.15, 0.2) is 0 Å². The van der Waals surface area contributed by atoms with Crippen LogP contribution in [0.1, 0.15) is 19.8 Å². The van der Waals surface area contributed by atoms with Gasteiger partial charge in [-0.3, -0.25) is 9.59 Å². The van der Waals surface area contributed by atoms with Gasteiger partial charge in [0.15, 0.2) is 0 Å². The van der Waals surface area contributed by atoms with E-state index in [0.29, 0.717) is 19.5 Å². The summed E-state index contributed by atoms with van der Waals surface area (Å²) in [7, 11) is 0. The first-order valence-electron chi connectivity index (χ1n) is 5.84. The number of hydrogen-bond donors (Lipinski definition) is 2. The van der Waals surface area contributed by atoms with E-state index in [-0.39, 0.29) is 24.4 Å². The van der Waals surface area contributed by atoms with E-state index >= 15 is 0 Å². The largest absolute Gasteiger partial charge is 0.354 e. The number of amides is 2. The molecule has 1 unspecified atom stereocenters. The molecular formula is C11H18N4O2. The Kier molecular flexibility index (Phi) is 5.43. The van der Waals surface area contributed by atoms with Crippen molar-refractivity contribution < 1.29 is 9.59 Å². The summed E-state index contributed by atoms with van der Waals surface area (Å²) in [4.78, 5) is 24.9. The highest BCUT2D eigenvalue weighted by atomic mass is 16.2. The number of carbonyl (C=O) groups excluding carboxylic acids is 2. The minimum Gasteiger partial charge on any atom is -0.354 e. The lowest BCUT2D eigenvalue weighted by molar-refractivity contribution is -0.139. The Morgan fingerprint density at radius 1 is 1.71 bits per heavy atom. The average Bonchev–Trinajstić information content (AvgIpc) is 2.32. The van der Waals surface area contributed by atoms with Gasteiger partial charge in [-0.2, -0.15) is 5.26 Å². The van der Waals surface area contributed by atoms with Gasteiger partial charge in [0.2, 0.25) is 11.8 Å². The Morgan fingerprint density at radius 3 is 3.12 bits per heavy atom. The number of nitrogens with one attached hydrogen (secondary N) is 2. The molecule has 0 saturated carbocycles. The van der Waals surface area contributed by atoms with E-state index in [0.717, 1.165) is 13.0 Å². The Balaban J connectivity index is 2.37. The fraction of sp³-hybridized carbons (Fsp3) is 0.727. The predicted octanol–water partition coefficient (Wildman–Crippen LogP) is -0.773. The van der Waals surface area contributed by atoms with E-state index in [1.165, 1.54) is 0 Å². The van der Waals surface area contributed by atoms with Crippen molar-refractivity contribution in [1.82, 2.24) is 15.5 Å². The molecule has 6 heteroatoms. The minimum atomic E-state index is -0.203. The van der Waals surface area contributed by atoms with Crippen LogP contribution in [-0.2, 0) is 9.59 Å². The molecule has 1 heterocycles. The number of hydrogen-bond acceptors (Lipinski definition) is 4. The van der Waals surface area contributed by atoms with Gasteiger partial charge in [0.05, 0.1) is 25.1 Å². The van der Waals surface area contributed by atoms with E-state index in [9.17, 15) is 9.59 Å². The molecule has 2 amide bonds. The molecule has 0 aliphatic carbocycles. The molecule has 0 bridgehead atoms. The Morgan fingerprint density at radius 2 is 2.47 bits per heavy atom. The summed E-state index contributed by atoms with van der Waals surface area (Å²) in [6.07, 6.45) is 1.02. The van der Waals surface area contributed by atoms with Crippen molar-refractivity contribution in [3.63, 3.8) is 0 Å². The van der Waals surface area contributed by atoms with Crippen LogP contribution in [0, 0.1) is 11.3 Å². The third-order valence-corrected chi connectivity index (χ3v) is 2.68. The van der Waals surface area contributed by atoms with Gasteiger partial charge in [0, 0.05) is 19.6 Å². The molecule has 1 fully saturated rings. The van der Waals surface area contributed by atoms with Gasteiger partial charge in [-0.25, -0.2) is 0 Å². The molecule has 0 aromatic heterocycles. The maximum absolute atomic E-state index is 11.9. The third-order valence-electron chi connectivity index (χ3n) is 2.68. The van der Waals surface area contributed by atoms with Crippen LogP contribution in [0.3, 0.4) is 0 Å². The molecular weight excluding hydrogens is 220 g/mol. The first-order valence-corrected chi connectivity index (χ1v) is 5.84. The van der Waals surface area contributed by atoms with Crippen molar-refractivity contribution in [1.29, 1.82) is 5.26 Å². The van der Waals surface area contributed by atoms with Crippen LogP contribution in [0.25, 0.3) is 0 Å². The lowest BCUT2D eigenvalue weighted by Gasteiger charge is -2.32. The number of piperazine rings is 1. The second kappa shape index (κ2) is 6.86. The zero-order chi connectivity index (χ0) is 12.7. The summed E-state index contributed by atoms with van der Waals surface area (Å²) in [5.41, 5.74) is 0. The number of nitrogens with zero attached hydrogens (tertiary/aromatic N) is 2. The molecule has 0 aromatic carbocycles. The van der Waals surface area contributed by atoms with Crippen LogP contribution in [-0.4, -0.2) is 48.9 Å². The molecule has 1 saturated heterocycles. The van der Waals surface area contributed by atoms with Crippen molar-refractivity contribution in [3.8, 4) is 6.07 Å². The Labute approximate surface area is 101 Å². The van der Waals surface area contributed by atoms with Gasteiger partial charge < -0.3 is 15.5 Å². The quantitative estimate of drug-likeness (QED) is 0.616. The van der Waals surface area contributed by atoms with E-state index in [1.807, 2.05) is 13.0 Å². The van der Waals surface area contributed by atoms with Crippen molar-refractivity contribution in [2.45, 2.75) is 25.8 Å². The SMILES string of the molecule is CCC1NCCN(CC(=O)NCCC#N)C1=O. The highest BCUT2D eigenvalue weighted by molar-refractivity contribution is 5.88. The lowest BCUT2D eigenvalue weighted by Crippen LogP contribution is -2.56. The molecule has 1 atom stereocenters. The zero-order valence-corrected chi connectivity index (χ0v) is 10.0. The van der Waals surface area contributed by atoms with Crippen molar-refractivity contribution >= 4 is 11.8 Å². The van der Waals surface area contributed by atoms with Gasteiger partial charge in [0.25, 0.3) is 0 Å². The van der Waals surface area contributed by atoms with Crippen LogP contribution in [0.5, 0.6) is 0 Å². The van der Waals surface area contributed by atoms with Gasteiger partial charge >= 0.3 is 0 Å². The zero-order valence-electron chi connectivity index (χ0n) is 10.0. The molecule has 6 nitrogen and oxygen atoms in total. The topological polar surface area (TPSA) is 85.2 Å². The van der Waals surface area contributed by atoms with E-state index in [4.69, 9.17) is 5.26 Å². The fourth-order valence-electron chi connectivity index (χ4n) is 1.75. The van der Waals surface area contributed by atoms with Crippen molar-refractivity contribution in [3.05, 3.63) is 0 Å². The number of rotatable bonds is 5. The molecule has 1 aliphatic rings. The van der Waals surface area contributed by atoms with Crippen molar-refractivity contribution in [2.75, 3.05) is 26.2 Å². The molecule has 0 spiro atoms. The summed E-state index contributed by atoms with van der Waals surface area (Å²) in [5, 5.41) is 14.1. The molecule has 17 heavy (non-hydrogen) atoms. The summed E-state index contributed by atoms with van der Waals surface area (Å²) < 4.78 is 0. The lowest BCUT2D eigenvalue weighted by atomic mass is 10.1. The Hall–Kier alpha value is -1.61. The highest BCUT2D eigenvalue weighted by Crippen LogP contribution is 2.03. The van der Waals surface area contributed by atoms with Gasteiger partial charge in [-0.1, -0.05) is 6.92 Å². The summed E-state index contributed by atoms with van der Waals surface area (Å²) in [5.74, 6) is -0.223. The van der Waals surface area contributed by atoms with Crippen LogP contribution < -0.4 is 10.6 Å². The highest BCUT2D eigenvalue weighted by Gasteiger charge is 2.27. The summed E-state index contributed by atoms with van der Waals surface area (Å²) in [6.45, 7) is 3.64. The number of carbonyl (C=O) groups is 2. The van der Waals surface area contributed by atoms with E-state index < -0.39 is 0 Å². The van der Waals surface area contributed by atoms with Gasteiger partial charge in [-0.05, 0) is 6.42 Å². The van der Waals surface area contributed by atoms with E-state index in [2.05, 4.69) is 10.6 Å². The van der Waals surface area contributed by atoms with Gasteiger partial charge in [0.1, 0.15) is 0 Å². The van der Waals surface area contributed by atoms with Gasteiger partial charge in [-0.15, -0.1) is 0 Å². The second-order valence-corrected chi connectivity index (χ2v) is 3.93. The molecule has 94 valence electrons. The fourth-order valence-corrected chi connectivity index (χ4v) is 1.75.